The number of benzene rings is 1. The Bertz CT molecular complexity index is 827. The first kappa shape index (κ1) is 22.0. The van der Waals surface area contributed by atoms with Gasteiger partial charge in [-0.3, -0.25) is 9.59 Å². The van der Waals surface area contributed by atoms with Gasteiger partial charge in [-0.25, -0.2) is 8.42 Å². The smallest absolute Gasteiger partial charge is 0.243 e. The zero-order chi connectivity index (χ0) is 21.0. The number of sulfonamides is 1. The molecule has 1 aromatic rings. The molecule has 1 heterocycles. The van der Waals surface area contributed by atoms with Crippen molar-refractivity contribution in [2.45, 2.75) is 81.7 Å². The molecule has 160 valence electrons. The SMILES string of the molecule is CC(=O)c1ccc(S(=O)(=O)N2CCCCC2C(=O)N(C)C2CCCCCC2)cc1. The van der Waals surface area contributed by atoms with E-state index in [1.807, 2.05) is 11.9 Å². The van der Waals surface area contributed by atoms with Crippen LogP contribution in [0.25, 0.3) is 0 Å². The Morgan fingerprint density at radius 2 is 1.52 bits per heavy atom. The van der Waals surface area contributed by atoms with Gasteiger partial charge in [0.25, 0.3) is 0 Å². The van der Waals surface area contributed by atoms with E-state index in [0.717, 1.165) is 38.5 Å². The molecule has 1 saturated carbocycles. The summed E-state index contributed by atoms with van der Waals surface area (Å²) in [6.45, 7) is 1.80. The molecule has 0 N–H and O–H groups in total. The molecular weight excluding hydrogens is 388 g/mol. The van der Waals surface area contributed by atoms with Gasteiger partial charge in [-0.15, -0.1) is 0 Å². The fourth-order valence-electron chi connectivity index (χ4n) is 4.50. The largest absolute Gasteiger partial charge is 0.341 e. The number of carbonyl (C=O) groups excluding carboxylic acids is 2. The van der Waals surface area contributed by atoms with E-state index in [-0.39, 0.29) is 22.6 Å². The highest BCUT2D eigenvalue weighted by Gasteiger charge is 2.40. The number of piperidine rings is 1. The van der Waals surface area contributed by atoms with Crippen molar-refractivity contribution in [3.63, 3.8) is 0 Å². The van der Waals surface area contributed by atoms with Crippen LogP contribution in [-0.2, 0) is 14.8 Å². The average Bonchev–Trinajstić information content (AvgIpc) is 3.02. The normalized spacial score (nSPS) is 22.1. The molecule has 1 aliphatic carbocycles. The molecule has 2 aliphatic rings. The van der Waals surface area contributed by atoms with Crippen LogP contribution in [0.4, 0.5) is 0 Å². The molecule has 29 heavy (non-hydrogen) atoms. The average molecular weight is 421 g/mol. The van der Waals surface area contributed by atoms with Crippen LogP contribution in [0, 0.1) is 0 Å². The van der Waals surface area contributed by atoms with Gasteiger partial charge in [-0.05, 0) is 44.7 Å². The van der Waals surface area contributed by atoms with E-state index in [9.17, 15) is 18.0 Å². The Morgan fingerprint density at radius 1 is 0.931 bits per heavy atom. The summed E-state index contributed by atoms with van der Waals surface area (Å²) >= 11 is 0. The molecular formula is C22H32N2O4S. The summed E-state index contributed by atoms with van der Waals surface area (Å²) in [4.78, 5) is 26.8. The maximum atomic E-state index is 13.3. The van der Waals surface area contributed by atoms with Crippen LogP contribution >= 0.6 is 0 Å². The highest BCUT2D eigenvalue weighted by atomic mass is 32.2. The van der Waals surface area contributed by atoms with E-state index >= 15 is 0 Å². The number of nitrogens with zero attached hydrogens (tertiary/aromatic N) is 2. The van der Waals surface area contributed by atoms with Crippen LogP contribution in [0.15, 0.2) is 29.2 Å². The summed E-state index contributed by atoms with van der Waals surface area (Å²) in [7, 11) is -1.96. The predicted molar refractivity (Wildman–Crippen MR) is 112 cm³/mol. The summed E-state index contributed by atoms with van der Waals surface area (Å²) in [5.74, 6) is -0.189. The predicted octanol–water partition coefficient (Wildman–Crippen LogP) is 3.61. The molecule has 0 bridgehead atoms. The van der Waals surface area contributed by atoms with Crippen molar-refractivity contribution in [3.05, 3.63) is 29.8 Å². The minimum Gasteiger partial charge on any atom is -0.341 e. The first-order valence-corrected chi connectivity index (χ1v) is 12.2. The second kappa shape index (κ2) is 9.39. The summed E-state index contributed by atoms with van der Waals surface area (Å²) in [6, 6.07) is 5.57. The van der Waals surface area contributed by atoms with Crippen molar-refractivity contribution >= 4 is 21.7 Å². The molecule has 1 aromatic carbocycles. The molecule has 1 amide bonds. The van der Waals surface area contributed by atoms with Crippen LogP contribution in [0.1, 0.15) is 75.1 Å². The lowest BCUT2D eigenvalue weighted by Crippen LogP contribution is -2.54. The van der Waals surface area contributed by atoms with Gasteiger partial charge in [0.2, 0.25) is 15.9 Å². The van der Waals surface area contributed by atoms with Crippen molar-refractivity contribution in [2.75, 3.05) is 13.6 Å². The van der Waals surface area contributed by atoms with Crippen LogP contribution < -0.4 is 0 Å². The third-order valence-electron chi connectivity index (χ3n) is 6.33. The Morgan fingerprint density at radius 3 is 2.10 bits per heavy atom. The summed E-state index contributed by atoms with van der Waals surface area (Å²) in [5.41, 5.74) is 0.475. The Hall–Kier alpha value is -1.73. The molecule has 6 nitrogen and oxygen atoms in total. The maximum Gasteiger partial charge on any atom is 0.243 e. The van der Waals surface area contributed by atoms with Crippen LogP contribution in [0.2, 0.25) is 0 Å². The van der Waals surface area contributed by atoms with Gasteiger partial charge in [0.05, 0.1) is 4.90 Å². The number of Topliss-reactive ketones (excluding diaryl/α,β-unsaturated/α-hetero) is 1. The van der Waals surface area contributed by atoms with Crippen molar-refractivity contribution in [1.82, 2.24) is 9.21 Å². The number of amides is 1. The maximum absolute atomic E-state index is 13.3. The lowest BCUT2D eigenvalue weighted by Gasteiger charge is -2.38. The van der Waals surface area contributed by atoms with Crippen LogP contribution in [-0.4, -0.2) is 55.0 Å². The molecule has 1 unspecified atom stereocenters. The van der Waals surface area contributed by atoms with Crippen molar-refractivity contribution in [1.29, 1.82) is 0 Å². The van der Waals surface area contributed by atoms with Gasteiger partial charge in [0, 0.05) is 25.2 Å². The molecule has 2 fully saturated rings. The first-order chi connectivity index (χ1) is 13.8. The van der Waals surface area contributed by atoms with Crippen molar-refractivity contribution in [3.8, 4) is 0 Å². The molecule has 0 spiro atoms. The van der Waals surface area contributed by atoms with Crippen LogP contribution in [0.5, 0.6) is 0 Å². The van der Waals surface area contributed by atoms with E-state index in [2.05, 4.69) is 0 Å². The van der Waals surface area contributed by atoms with E-state index in [1.165, 1.54) is 48.3 Å². The molecule has 0 aromatic heterocycles. The number of likely N-dealkylation sites (N-methyl/N-ethyl adjacent to an activating group) is 1. The molecule has 0 radical (unpaired) electrons. The zero-order valence-electron chi connectivity index (χ0n) is 17.5. The third kappa shape index (κ3) is 4.89. The minimum absolute atomic E-state index is 0.0828. The zero-order valence-corrected chi connectivity index (χ0v) is 18.3. The van der Waals surface area contributed by atoms with Crippen molar-refractivity contribution in [2.24, 2.45) is 0 Å². The Kier molecular flexibility index (Phi) is 7.11. The second-order valence-electron chi connectivity index (χ2n) is 8.30. The molecule has 1 aliphatic heterocycles. The quantitative estimate of drug-likeness (QED) is 0.539. The van der Waals surface area contributed by atoms with Gasteiger partial charge in [-0.1, -0.05) is 44.2 Å². The monoisotopic (exact) mass is 420 g/mol. The van der Waals surface area contributed by atoms with Gasteiger partial charge < -0.3 is 4.90 Å². The summed E-state index contributed by atoms with van der Waals surface area (Å²) in [6.07, 6.45) is 8.81. The number of carbonyl (C=O) groups is 2. The van der Waals surface area contributed by atoms with Gasteiger partial charge in [-0.2, -0.15) is 4.31 Å². The van der Waals surface area contributed by atoms with Gasteiger partial charge in [0.1, 0.15) is 6.04 Å². The lowest BCUT2D eigenvalue weighted by atomic mass is 10.0. The lowest BCUT2D eigenvalue weighted by molar-refractivity contribution is -0.137. The van der Waals surface area contributed by atoms with Gasteiger partial charge >= 0.3 is 0 Å². The van der Waals surface area contributed by atoms with Crippen LogP contribution in [0.3, 0.4) is 0 Å². The third-order valence-corrected chi connectivity index (χ3v) is 8.25. The first-order valence-electron chi connectivity index (χ1n) is 10.7. The second-order valence-corrected chi connectivity index (χ2v) is 10.2. The molecule has 1 atom stereocenters. The number of rotatable bonds is 5. The fourth-order valence-corrected chi connectivity index (χ4v) is 6.15. The number of hydrogen-bond donors (Lipinski definition) is 0. The Balaban J connectivity index is 1.82. The van der Waals surface area contributed by atoms with E-state index in [0.29, 0.717) is 18.5 Å². The number of hydrogen-bond acceptors (Lipinski definition) is 4. The fraction of sp³-hybridized carbons (Fsp3) is 0.636. The minimum atomic E-state index is -3.80. The molecule has 7 heteroatoms. The van der Waals surface area contributed by atoms with E-state index < -0.39 is 16.1 Å². The van der Waals surface area contributed by atoms with E-state index in [4.69, 9.17) is 0 Å². The highest BCUT2D eigenvalue weighted by molar-refractivity contribution is 7.89. The van der Waals surface area contributed by atoms with Crippen molar-refractivity contribution < 1.29 is 18.0 Å². The topological polar surface area (TPSA) is 74.8 Å². The molecule has 3 rings (SSSR count). The highest BCUT2D eigenvalue weighted by Crippen LogP contribution is 2.29. The van der Waals surface area contributed by atoms with Gasteiger partial charge in [0.15, 0.2) is 5.78 Å². The summed E-state index contributed by atoms with van der Waals surface area (Å²) < 4.78 is 28.0. The molecule has 1 saturated heterocycles. The standard InChI is InChI=1S/C22H32N2O4S/c1-17(25)18-12-14-20(15-13-18)29(27,28)24-16-8-7-11-21(24)22(26)23(2)19-9-5-3-4-6-10-19/h12-15,19,21H,3-11,16H2,1-2H3. The number of ketones is 1. The Labute approximate surface area is 174 Å². The summed E-state index contributed by atoms with van der Waals surface area (Å²) in [5, 5.41) is 0. The van der Waals surface area contributed by atoms with E-state index in [1.54, 1.807) is 0 Å².